The van der Waals surface area contributed by atoms with Crippen molar-refractivity contribution in [3.05, 3.63) is 92.7 Å². The van der Waals surface area contributed by atoms with Crippen LogP contribution in [0.5, 0.6) is 5.75 Å². The van der Waals surface area contributed by atoms with E-state index in [1.807, 2.05) is 24.3 Å². The van der Waals surface area contributed by atoms with Crippen LogP contribution in [0.1, 0.15) is 59.8 Å². The van der Waals surface area contributed by atoms with Gasteiger partial charge in [-0.2, -0.15) is 0 Å². The number of anilines is 3. The molecule has 0 saturated carbocycles. The molecule has 1 unspecified atom stereocenters. The van der Waals surface area contributed by atoms with Crippen molar-refractivity contribution >= 4 is 90.8 Å². The molecule has 19 nitrogen and oxygen atoms in total. The van der Waals surface area contributed by atoms with Crippen LogP contribution in [0.3, 0.4) is 0 Å². The van der Waals surface area contributed by atoms with E-state index in [1.165, 1.54) is 13.4 Å². The summed E-state index contributed by atoms with van der Waals surface area (Å²) in [4.78, 5) is 78.1. The van der Waals surface area contributed by atoms with Crippen molar-refractivity contribution in [3.63, 3.8) is 0 Å². The van der Waals surface area contributed by atoms with E-state index < -0.39 is 40.5 Å². The topological polar surface area (TPSA) is 242 Å². The Morgan fingerprint density at radius 3 is 2.34 bits per heavy atom. The monoisotopic (exact) mass is 988 g/mol. The Balaban J connectivity index is 0.746. The van der Waals surface area contributed by atoms with Gasteiger partial charge in [0.15, 0.2) is 17.2 Å². The normalized spacial score (nSPS) is 18.9. The molecule has 1 spiro atoms. The van der Waals surface area contributed by atoms with Crippen molar-refractivity contribution < 1.29 is 47.3 Å². The third kappa shape index (κ3) is 9.39. The van der Waals surface area contributed by atoms with Crippen molar-refractivity contribution in [1.82, 2.24) is 23.7 Å². The summed E-state index contributed by atoms with van der Waals surface area (Å²) < 4.78 is 37.0. The van der Waals surface area contributed by atoms with Gasteiger partial charge in [-0.05, 0) is 85.7 Å². The Kier molecular flexibility index (Phi) is 12.8. The van der Waals surface area contributed by atoms with Gasteiger partial charge in [-0.3, -0.25) is 24.0 Å². The maximum Gasteiger partial charge on any atom is 0.349 e. The van der Waals surface area contributed by atoms with Gasteiger partial charge in [0.25, 0.3) is 0 Å². The number of carboxylic acids is 2. The number of rotatable bonds is 13. The lowest BCUT2D eigenvalue weighted by atomic mass is 9.72. The molecule has 4 fully saturated rings. The second-order valence-corrected chi connectivity index (χ2v) is 21.2. The van der Waals surface area contributed by atoms with Gasteiger partial charge in [0, 0.05) is 81.3 Å². The highest BCUT2D eigenvalue weighted by atomic mass is 35.5. The van der Waals surface area contributed by atoms with Crippen molar-refractivity contribution in [3.8, 4) is 16.2 Å². The van der Waals surface area contributed by atoms with Gasteiger partial charge in [-0.15, -0.1) is 11.3 Å². The maximum absolute atomic E-state index is 13.6. The number of halogens is 1. The van der Waals surface area contributed by atoms with Crippen molar-refractivity contribution in [1.29, 1.82) is 0 Å². The van der Waals surface area contributed by atoms with Gasteiger partial charge in [0.2, 0.25) is 21.8 Å². The zero-order valence-corrected chi connectivity index (χ0v) is 39.3. The number of aromatic carboxylic acids is 1. The minimum Gasteiger partial charge on any atom is -0.479 e. The molecule has 2 aromatic heterocycles. The molecule has 5 aromatic rings. The van der Waals surface area contributed by atoms with Crippen LogP contribution in [0.15, 0.2) is 71.5 Å². The number of amides is 4. The van der Waals surface area contributed by atoms with Crippen molar-refractivity contribution in [2.24, 2.45) is 12.5 Å². The number of imidazole rings is 1. The van der Waals surface area contributed by atoms with E-state index >= 15 is 0 Å². The maximum atomic E-state index is 13.6. The highest BCUT2D eigenvalue weighted by molar-refractivity contribution is 7.88. The molecule has 68 heavy (non-hydrogen) atoms. The first-order chi connectivity index (χ1) is 32.5. The average Bonchev–Trinajstić information content (AvgIpc) is 3.76. The molecule has 6 heterocycles. The Morgan fingerprint density at radius 2 is 1.63 bits per heavy atom. The Hall–Kier alpha value is -6.42. The van der Waals surface area contributed by atoms with Crippen LogP contribution in [0.4, 0.5) is 21.9 Å². The third-order valence-corrected chi connectivity index (χ3v) is 16.9. The molecule has 358 valence electrons. The third-order valence-electron chi connectivity index (χ3n) is 13.3. The lowest BCUT2D eigenvalue weighted by Crippen LogP contribution is -2.62. The van der Waals surface area contributed by atoms with Crippen LogP contribution >= 0.6 is 22.9 Å². The van der Waals surface area contributed by atoms with Crippen LogP contribution < -0.4 is 31.3 Å². The molecular weight excluding hydrogens is 940 g/mol. The quantitative estimate of drug-likeness (QED) is 0.0930. The first-order valence-corrected chi connectivity index (χ1v) is 25.0. The molecule has 9 rings (SSSR count). The number of carbonyl (C=O) groups is 5. The van der Waals surface area contributed by atoms with Crippen molar-refractivity contribution in [2.75, 3.05) is 61.4 Å². The van der Waals surface area contributed by atoms with E-state index in [0.29, 0.717) is 71.7 Å². The predicted octanol–water partition coefficient (Wildman–Crippen LogP) is 5.40. The number of thiophene rings is 1. The molecule has 5 N–H and O–H groups in total. The number of likely N-dealkylation sites (tertiary alicyclic amines) is 1. The number of piperidine rings is 3. The number of aliphatic carboxylic acids is 1. The zero-order valence-electron chi connectivity index (χ0n) is 36.9. The lowest BCUT2D eigenvalue weighted by Gasteiger charge is -2.54. The SMILES string of the molecule is Cn1c(=O)n(C2CCC(=O)NC2=O)c2ccc(N3CCC4(CC3)CN(C(=O)Nc3cccc(CS(=O)(=O)N5CCC(Nc6cccc(-c7sc(C(=O)O)c(OCC(=O)O)c7Cl)c6)CC5)c3)C4)cc21. The van der Waals surface area contributed by atoms with Gasteiger partial charge < -0.3 is 35.4 Å². The van der Waals surface area contributed by atoms with E-state index in [4.69, 9.17) is 21.4 Å². The summed E-state index contributed by atoms with van der Waals surface area (Å²) in [6, 6.07) is 18.8. The molecule has 4 saturated heterocycles. The molecule has 22 heteroatoms. The van der Waals surface area contributed by atoms with Gasteiger partial charge in [-0.1, -0.05) is 35.9 Å². The standard InChI is InChI=1S/C46H49ClN8O11S2/c1-51-35-22-32(8-9-33(35)55(45(51)63)34-10-11-36(56)50-42(34)59)52-18-14-46(15-19-52)25-53(26-46)44(62)49-30-6-2-4-27(20-30)24-68(64,65)54-16-12-29(13-17-54)48-31-7-3-5-28(21-31)40-38(47)39(66-23-37(57)58)41(67-40)43(60)61/h2-9,20-22,29,34,48H,10-19,23-26H2,1H3,(H,49,62)(H,57,58)(H,60,61)(H,50,56,59). The molecule has 1 atom stereocenters. The number of urea groups is 1. The van der Waals surface area contributed by atoms with Crippen LogP contribution in [0.25, 0.3) is 21.5 Å². The molecule has 4 aliphatic rings. The van der Waals surface area contributed by atoms with E-state index in [9.17, 15) is 42.3 Å². The van der Waals surface area contributed by atoms with Crippen LogP contribution in [-0.2, 0) is 37.2 Å². The minimum absolute atomic E-state index is 0.00331. The minimum atomic E-state index is -3.69. The number of nitrogens with one attached hydrogen (secondary N) is 3. The summed E-state index contributed by atoms with van der Waals surface area (Å²) in [5, 5.41) is 27.4. The summed E-state index contributed by atoms with van der Waals surface area (Å²) in [6.07, 6.45) is 3.25. The highest BCUT2D eigenvalue weighted by Gasteiger charge is 2.47. The molecule has 0 aliphatic carbocycles. The fraction of sp³-hybridized carbons (Fsp3) is 0.391. The number of fused-ring (bicyclic) bond motifs is 1. The van der Waals surface area contributed by atoms with E-state index in [2.05, 4.69) is 20.9 Å². The van der Waals surface area contributed by atoms with E-state index in [0.717, 1.165) is 48.6 Å². The number of aryl methyl sites for hydroxylation is 1. The molecular formula is C46H49ClN8O11S2. The fourth-order valence-electron chi connectivity index (χ4n) is 9.73. The number of aromatic nitrogens is 2. The molecule has 4 amide bonds. The van der Waals surface area contributed by atoms with E-state index in [-0.39, 0.29) is 63.3 Å². The number of imide groups is 1. The van der Waals surface area contributed by atoms with Gasteiger partial charge in [-0.25, -0.2) is 31.9 Å². The zero-order chi connectivity index (χ0) is 48.1. The molecule has 0 bridgehead atoms. The Morgan fingerprint density at radius 1 is 0.912 bits per heavy atom. The highest BCUT2D eigenvalue weighted by Crippen LogP contribution is 2.46. The molecule has 3 aromatic carbocycles. The van der Waals surface area contributed by atoms with Gasteiger partial charge in [0.1, 0.15) is 11.1 Å². The average molecular weight is 990 g/mol. The number of sulfonamides is 1. The summed E-state index contributed by atoms with van der Waals surface area (Å²) in [6.45, 7) is 2.58. The second kappa shape index (κ2) is 18.6. The number of benzene rings is 3. The van der Waals surface area contributed by atoms with Gasteiger partial charge >= 0.3 is 23.7 Å². The smallest absolute Gasteiger partial charge is 0.349 e. The van der Waals surface area contributed by atoms with Gasteiger partial charge in [0.05, 0.1) is 21.7 Å². The summed E-state index contributed by atoms with van der Waals surface area (Å²) in [7, 11) is -2.01. The molecule has 0 radical (unpaired) electrons. The Bertz CT molecular complexity index is 3020. The number of hydrogen-bond acceptors (Lipinski definition) is 12. The first-order valence-electron chi connectivity index (χ1n) is 22.2. The number of nitrogens with zero attached hydrogens (tertiary/aromatic N) is 5. The largest absolute Gasteiger partial charge is 0.479 e. The van der Waals surface area contributed by atoms with Crippen LogP contribution in [-0.4, -0.2) is 119 Å². The van der Waals surface area contributed by atoms with Crippen LogP contribution in [0.2, 0.25) is 5.02 Å². The second-order valence-electron chi connectivity index (χ2n) is 17.9. The molecule has 4 aliphatic heterocycles. The number of hydrogen-bond donors (Lipinski definition) is 5. The summed E-state index contributed by atoms with van der Waals surface area (Å²) in [5.41, 5.74) is 4.36. The number of carbonyl (C=O) groups excluding carboxylic acids is 3. The van der Waals surface area contributed by atoms with E-state index in [1.54, 1.807) is 54.4 Å². The number of ether oxygens (including phenoxy) is 1. The van der Waals surface area contributed by atoms with Crippen LogP contribution in [0, 0.1) is 5.41 Å². The summed E-state index contributed by atoms with van der Waals surface area (Å²) in [5.74, 6) is -3.80. The van der Waals surface area contributed by atoms with Crippen molar-refractivity contribution in [2.45, 2.75) is 56.4 Å². The Labute approximate surface area is 399 Å². The lowest BCUT2D eigenvalue weighted by molar-refractivity contribution is -0.139. The summed E-state index contributed by atoms with van der Waals surface area (Å²) >= 11 is 7.37. The fourth-order valence-corrected chi connectivity index (χ4v) is 12.7. The first kappa shape index (κ1) is 46.7. The predicted molar refractivity (Wildman–Crippen MR) is 255 cm³/mol. The number of carboxylic acid groups (broad SMARTS) is 2.